The standard InChI is InChI=1S/C26H30N2O3/c1-16-13-17(2)15-27(14-16)24-23(20-10-6-7-12-22(20)31-5)25(29)28(26(24)30)21-11-8-9-18(3)19(21)4/h6-12,16-17H,13-15H2,1-5H3. The Bertz CT molecular complexity index is 1060. The van der Waals surface area contributed by atoms with Gasteiger partial charge < -0.3 is 9.64 Å². The molecule has 2 aliphatic rings. The van der Waals surface area contributed by atoms with Gasteiger partial charge in [-0.25, -0.2) is 4.90 Å². The molecule has 2 amide bonds. The minimum atomic E-state index is -0.288. The molecule has 1 fully saturated rings. The van der Waals surface area contributed by atoms with E-state index in [1.807, 2.05) is 56.3 Å². The van der Waals surface area contributed by atoms with Crippen LogP contribution in [-0.2, 0) is 9.59 Å². The Balaban J connectivity index is 1.90. The topological polar surface area (TPSA) is 49.9 Å². The fourth-order valence-electron chi connectivity index (χ4n) is 4.95. The lowest BCUT2D eigenvalue weighted by Gasteiger charge is -2.37. The highest BCUT2D eigenvalue weighted by molar-refractivity contribution is 6.45. The fraction of sp³-hybridized carbons (Fsp3) is 0.385. The van der Waals surface area contributed by atoms with E-state index < -0.39 is 0 Å². The largest absolute Gasteiger partial charge is 0.496 e. The summed E-state index contributed by atoms with van der Waals surface area (Å²) in [7, 11) is 1.59. The minimum absolute atomic E-state index is 0.249. The van der Waals surface area contributed by atoms with Crippen molar-refractivity contribution in [3.8, 4) is 5.75 Å². The second-order valence-corrected chi connectivity index (χ2v) is 8.94. The van der Waals surface area contributed by atoms with Crippen LogP contribution in [0.3, 0.4) is 0 Å². The molecule has 0 saturated carbocycles. The normalized spacial score (nSPS) is 21.8. The number of carbonyl (C=O) groups is 2. The Labute approximate surface area is 184 Å². The van der Waals surface area contributed by atoms with Crippen LogP contribution in [0.5, 0.6) is 5.75 Å². The number of anilines is 1. The lowest BCUT2D eigenvalue weighted by atomic mass is 9.91. The van der Waals surface area contributed by atoms with Crippen molar-refractivity contribution in [3.63, 3.8) is 0 Å². The van der Waals surface area contributed by atoms with Crippen LogP contribution in [-0.4, -0.2) is 36.9 Å². The number of aryl methyl sites for hydroxylation is 1. The van der Waals surface area contributed by atoms with Gasteiger partial charge in [0.2, 0.25) is 0 Å². The van der Waals surface area contributed by atoms with Gasteiger partial charge >= 0.3 is 0 Å². The summed E-state index contributed by atoms with van der Waals surface area (Å²) in [4.78, 5) is 31.1. The summed E-state index contributed by atoms with van der Waals surface area (Å²) in [6, 6.07) is 13.2. The monoisotopic (exact) mass is 418 g/mol. The van der Waals surface area contributed by atoms with Crippen molar-refractivity contribution >= 4 is 23.1 Å². The van der Waals surface area contributed by atoms with E-state index in [1.54, 1.807) is 7.11 Å². The molecule has 0 aromatic heterocycles. The van der Waals surface area contributed by atoms with Gasteiger partial charge in [-0.15, -0.1) is 0 Å². The van der Waals surface area contributed by atoms with Crippen molar-refractivity contribution in [1.29, 1.82) is 0 Å². The van der Waals surface area contributed by atoms with Crippen LogP contribution in [0.15, 0.2) is 48.2 Å². The number of amides is 2. The Kier molecular flexibility index (Phi) is 5.61. The van der Waals surface area contributed by atoms with Crippen LogP contribution >= 0.6 is 0 Å². The molecular formula is C26H30N2O3. The Morgan fingerprint density at radius 1 is 0.903 bits per heavy atom. The first kappa shape index (κ1) is 21.2. The summed E-state index contributed by atoms with van der Waals surface area (Å²) in [5.74, 6) is 0.961. The molecule has 2 aliphatic heterocycles. The molecule has 4 rings (SSSR count). The smallest absolute Gasteiger partial charge is 0.282 e. The van der Waals surface area contributed by atoms with E-state index in [9.17, 15) is 9.59 Å². The molecule has 5 nitrogen and oxygen atoms in total. The molecular weight excluding hydrogens is 388 g/mol. The van der Waals surface area contributed by atoms with Crippen LogP contribution in [0.1, 0.15) is 37.0 Å². The predicted octanol–water partition coefficient (Wildman–Crippen LogP) is 4.57. The van der Waals surface area contributed by atoms with E-state index in [2.05, 4.69) is 18.7 Å². The van der Waals surface area contributed by atoms with Gasteiger partial charge in [-0.3, -0.25) is 9.59 Å². The third-order valence-corrected chi connectivity index (χ3v) is 6.44. The second kappa shape index (κ2) is 8.22. The third-order valence-electron chi connectivity index (χ3n) is 6.44. The van der Waals surface area contributed by atoms with E-state index in [1.165, 1.54) is 4.90 Å². The number of ether oxygens (including phenoxy) is 1. The summed E-state index contributed by atoms with van der Waals surface area (Å²) in [6.45, 7) is 9.88. The zero-order valence-corrected chi connectivity index (χ0v) is 18.9. The number of methoxy groups -OCH3 is 1. The van der Waals surface area contributed by atoms with Gasteiger partial charge in [0, 0.05) is 18.7 Å². The maximum atomic E-state index is 13.8. The zero-order chi connectivity index (χ0) is 22.3. The Hall–Kier alpha value is -3.08. The summed E-state index contributed by atoms with van der Waals surface area (Å²) >= 11 is 0. The summed E-state index contributed by atoms with van der Waals surface area (Å²) < 4.78 is 5.57. The van der Waals surface area contributed by atoms with Gasteiger partial charge in [-0.05, 0) is 55.4 Å². The maximum absolute atomic E-state index is 13.8. The Morgan fingerprint density at radius 2 is 1.58 bits per heavy atom. The van der Waals surface area contributed by atoms with Crippen molar-refractivity contribution in [2.45, 2.75) is 34.1 Å². The SMILES string of the molecule is COc1ccccc1C1=C(N2CC(C)CC(C)C2)C(=O)N(c2cccc(C)c2C)C1=O. The number of hydrogen-bond acceptors (Lipinski definition) is 4. The molecule has 162 valence electrons. The van der Waals surface area contributed by atoms with Crippen molar-refractivity contribution < 1.29 is 14.3 Å². The fourth-order valence-corrected chi connectivity index (χ4v) is 4.95. The molecule has 0 N–H and O–H groups in total. The summed E-state index contributed by atoms with van der Waals surface area (Å²) in [6.07, 6.45) is 1.12. The van der Waals surface area contributed by atoms with Gasteiger partial charge in [0.25, 0.3) is 11.8 Å². The van der Waals surface area contributed by atoms with Crippen LogP contribution in [0.25, 0.3) is 5.57 Å². The molecule has 1 saturated heterocycles. The van der Waals surface area contributed by atoms with Crippen molar-refractivity contribution in [2.75, 3.05) is 25.1 Å². The number of hydrogen-bond donors (Lipinski definition) is 0. The third kappa shape index (κ3) is 3.62. The number of carbonyl (C=O) groups excluding carboxylic acids is 2. The molecule has 2 heterocycles. The highest BCUT2D eigenvalue weighted by atomic mass is 16.5. The van der Waals surface area contributed by atoms with Gasteiger partial charge in [-0.2, -0.15) is 0 Å². The average molecular weight is 419 g/mol. The molecule has 0 spiro atoms. The number of imide groups is 1. The van der Waals surface area contributed by atoms with Gasteiger partial charge in [0.1, 0.15) is 11.4 Å². The number of likely N-dealkylation sites (tertiary alicyclic amines) is 1. The summed E-state index contributed by atoms with van der Waals surface area (Å²) in [5, 5.41) is 0. The highest BCUT2D eigenvalue weighted by Crippen LogP contribution is 2.40. The van der Waals surface area contributed by atoms with E-state index in [-0.39, 0.29) is 11.8 Å². The number of para-hydroxylation sites is 1. The first-order valence-corrected chi connectivity index (χ1v) is 10.9. The Morgan fingerprint density at radius 3 is 2.26 bits per heavy atom. The lowest BCUT2D eigenvalue weighted by molar-refractivity contribution is -0.120. The molecule has 0 radical (unpaired) electrons. The molecule has 2 unspecified atom stereocenters. The van der Waals surface area contributed by atoms with E-state index in [0.717, 1.165) is 30.6 Å². The van der Waals surface area contributed by atoms with Crippen molar-refractivity contribution in [2.24, 2.45) is 11.8 Å². The van der Waals surface area contributed by atoms with Crippen LogP contribution in [0.2, 0.25) is 0 Å². The van der Waals surface area contributed by atoms with Gasteiger partial charge in [0.05, 0.1) is 18.4 Å². The maximum Gasteiger partial charge on any atom is 0.282 e. The van der Waals surface area contributed by atoms with E-state index >= 15 is 0 Å². The molecule has 2 aromatic carbocycles. The minimum Gasteiger partial charge on any atom is -0.496 e. The lowest BCUT2D eigenvalue weighted by Crippen LogP contribution is -2.42. The first-order valence-electron chi connectivity index (χ1n) is 10.9. The summed E-state index contributed by atoms with van der Waals surface area (Å²) in [5.41, 5.74) is 4.22. The van der Waals surface area contributed by atoms with E-state index in [0.29, 0.717) is 40.1 Å². The van der Waals surface area contributed by atoms with Gasteiger partial charge in [-0.1, -0.05) is 44.2 Å². The number of nitrogens with zero attached hydrogens (tertiary/aromatic N) is 2. The van der Waals surface area contributed by atoms with Gasteiger partial charge in [0.15, 0.2) is 0 Å². The second-order valence-electron chi connectivity index (χ2n) is 8.94. The molecule has 5 heteroatoms. The van der Waals surface area contributed by atoms with Crippen LogP contribution in [0, 0.1) is 25.7 Å². The van der Waals surface area contributed by atoms with Crippen LogP contribution < -0.4 is 9.64 Å². The molecule has 0 bridgehead atoms. The average Bonchev–Trinajstić information content (AvgIpc) is 2.99. The zero-order valence-electron chi connectivity index (χ0n) is 18.9. The quantitative estimate of drug-likeness (QED) is 0.683. The van der Waals surface area contributed by atoms with Crippen LogP contribution in [0.4, 0.5) is 5.69 Å². The molecule has 2 aromatic rings. The first-order chi connectivity index (χ1) is 14.8. The number of piperidine rings is 1. The molecule has 0 aliphatic carbocycles. The van der Waals surface area contributed by atoms with E-state index in [4.69, 9.17) is 4.74 Å². The van der Waals surface area contributed by atoms with Crippen molar-refractivity contribution in [3.05, 3.63) is 64.9 Å². The highest BCUT2D eigenvalue weighted by Gasteiger charge is 2.44. The predicted molar refractivity (Wildman–Crippen MR) is 123 cm³/mol. The number of benzene rings is 2. The number of rotatable bonds is 4. The molecule has 2 atom stereocenters. The van der Waals surface area contributed by atoms with Crippen molar-refractivity contribution in [1.82, 2.24) is 4.90 Å². The molecule has 31 heavy (non-hydrogen) atoms.